The minimum atomic E-state index is -0.809. The lowest BCUT2D eigenvalue weighted by atomic mass is 9.97. The van der Waals surface area contributed by atoms with Gasteiger partial charge in [0.1, 0.15) is 0 Å². The third-order valence-electron chi connectivity index (χ3n) is 3.75. The van der Waals surface area contributed by atoms with E-state index in [9.17, 15) is 14.0 Å². The number of carbonyl (C=O) groups is 2. The third kappa shape index (κ3) is 3.84. The van der Waals surface area contributed by atoms with Gasteiger partial charge in [-0.05, 0) is 36.6 Å². The van der Waals surface area contributed by atoms with Crippen molar-refractivity contribution < 1.29 is 23.8 Å². The van der Waals surface area contributed by atoms with Gasteiger partial charge in [-0.15, -0.1) is 0 Å². The summed E-state index contributed by atoms with van der Waals surface area (Å²) in [6.45, 7) is 0.855. The first kappa shape index (κ1) is 16.0. The number of amides is 1. The summed E-state index contributed by atoms with van der Waals surface area (Å²) in [5.74, 6) is -1.71. The van der Waals surface area contributed by atoms with Gasteiger partial charge in [0.15, 0.2) is 11.6 Å². The number of hydrogen-bond acceptors (Lipinski definition) is 3. The van der Waals surface area contributed by atoms with E-state index in [1.807, 2.05) is 0 Å². The van der Waals surface area contributed by atoms with Crippen LogP contribution < -0.4 is 4.74 Å². The standard InChI is InChI=1S/C16H18FNO4/c1-22-14-4-2-11(10-13(14)17)3-5-15(19)18-8-6-12(7-9-18)16(20)21/h2-5,10,12H,6-9H2,1H3,(H,20,21). The van der Waals surface area contributed by atoms with Gasteiger partial charge >= 0.3 is 5.97 Å². The summed E-state index contributed by atoms with van der Waals surface area (Å²) >= 11 is 0. The van der Waals surface area contributed by atoms with Crippen LogP contribution >= 0.6 is 0 Å². The fourth-order valence-electron chi connectivity index (χ4n) is 2.41. The van der Waals surface area contributed by atoms with Crippen molar-refractivity contribution in [2.45, 2.75) is 12.8 Å². The number of carbonyl (C=O) groups excluding carboxylic acids is 1. The average molecular weight is 307 g/mol. The third-order valence-corrected chi connectivity index (χ3v) is 3.75. The van der Waals surface area contributed by atoms with E-state index in [2.05, 4.69) is 0 Å². The van der Waals surface area contributed by atoms with Crippen molar-refractivity contribution in [3.8, 4) is 5.75 Å². The quantitative estimate of drug-likeness (QED) is 0.866. The first-order valence-corrected chi connectivity index (χ1v) is 7.04. The molecule has 0 bridgehead atoms. The minimum absolute atomic E-state index is 0.152. The molecule has 22 heavy (non-hydrogen) atoms. The Morgan fingerprint density at radius 2 is 2.05 bits per heavy atom. The number of ether oxygens (including phenoxy) is 1. The molecule has 5 nitrogen and oxygen atoms in total. The Balaban J connectivity index is 1.94. The van der Waals surface area contributed by atoms with Crippen molar-refractivity contribution in [3.05, 3.63) is 35.7 Å². The van der Waals surface area contributed by atoms with Crippen LogP contribution in [0.15, 0.2) is 24.3 Å². The highest BCUT2D eigenvalue weighted by atomic mass is 19.1. The predicted molar refractivity (Wildman–Crippen MR) is 78.9 cm³/mol. The summed E-state index contributed by atoms with van der Waals surface area (Å²) < 4.78 is 18.4. The summed E-state index contributed by atoms with van der Waals surface area (Å²) in [6, 6.07) is 4.44. The number of carboxylic acids is 1. The van der Waals surface area contributed by atoms with E-state index in [4.69, 9.17) is 9.84 Å². The molecule has 1 aliphatic heterocycles. The lowest BCUT2D eigenvalue weighted by Gasteiger charge is -2.29. The minimum Gasteiger partial charge on any atom is -0.494 e. The highest BCUT2D eigenvalue weighted by Crippen LogP contribution is 2.20. The number of methoxy groups -OCH3 is 1. The second-order valence-electron chi connectivity index (χ2n) is 5.17. The zero-order valence-corrected chi connectivity index (χ0v) is 12.3. The predicted octanol–water partition coefficient (Wildman–Crippen LogP) is 2.17. The molecule has 1 amide bonds. The van der Waals surface area contributed by atoms with Crippen LogP contribution in [0.4, 0.5) is 4.39 Å². The number of halogens is 1. The molecule has 118 valence electrons. The fraction of sp³-hybridized carbons (Fsp3) is 0.375. The molecule has 1 aromatic rings. The molecule has 0 spiro atoms. The van der Waals surface area contributed by atoms with Gasteiger partial charge < -0.3 is 14.7 Å². The van der Waals surface area contributed by atoms with Gasteiger partial charge in [0.25, 0.3) is 0 Å². The summed E-state index contributed by atoms with van der Waals surface area (Å²) in [7, 11) is 1.39. The number of hydrogen-bond donors (Lipinski definition) is 1. The topological polar surface area (TPSA) is 66.8 Å². The van der Waals surface area contributed by atoms with Crippen molar-refractivity contribution >= 4 is 18.0 Å². The van der Waals surface area contributed by atoms with Crippen molar-refractivity contribution in [2.75, 3.05) is 20.2 Å². The number of rotatable bonds is 4. The van der Waals surface area contributed by atoms with Gasteiger partial charge in [-0.25, -0.2) is 4.39 Å². The normalized spacial score (nSPS) is 16.0. The van der Waals surface area contributed by atoms with E-state index >= 15 is 0 Å². The molecular formula is C16H18FNO4. The lowest BCUT2D eigenvalue weighted by Crippen LogP contribution is -2.39. The molecule has 1 heterocycles. The molecular weight excluding hydrogens is 289 g/mol. The molecule has 0 unspecified atom stereocenters. The molecule has 1 aliphatic rings. The van der Waals surface area contributed by atoms with E-state index in [1.165, 1.54) is 31.4 Å². The molecule has 1 fully saturated rings. The van der Waals surface area contributed by atoms with Crippen LogP contribution in [-0.2, 0) is 9.59 Å². The molecule has 2 rings (SSSR count). The van der Waals surface area contributed by atoms with E-state index < -0.39 is 11.8 Å². The van der Waals surface area contributed by atoms with E-state index in [-0.39, 0.29) is 17.6 Å². The summed E-state index contributed by atoms with van der Waals surface area (Å²) in [5.41, 5.74) is 0.562. The molecule has 0 aromatic heterocycles. The number of nitrogens with zero attached hydrogens (tertiary/aromatic N) is 1. The smallest absolute Gasteiger partial charge is 0.306 e. The Morgan fingerprint density at radius 3 is 2.59 bits per heavy atom. The highest BCUT2D eigenvalue weighted by Gasteiger charge is 2.25. The molecule has 0 radical (unpaired) electrons. The van der Waals surface area contributed by atoms with E-state index in [0.29, 0.717) is 31.5 Å². The number of piperidine rings is 1. The Kier molecular flexibility index (Phi) is 5.14. The second-order valence-corrected chi connectivity index (χ2v) is 5.17. The maximum absolute atomic E-state index is 13.5. The molecule has 1 aromatic carbocycles. The molecule has 0 aliphatic carbocycles. The Bertz CT molecular complexity index is 592. The van der Waals surface area contributed by atoms with Crippen LogP contribution in [0.2, 0.25) is 0 Å². The van der Waals surface area contributed by atoms with Crippen LogP contribution in [0.25, 0.3) is 6.08 Å². The van der Waals surface area contributed by atoms with E-state index in [1.54, 1.807) is 11.0 Å². The summed E-state index contributed by atoms with van der Waals surface area (Å²) in [6.07, 6.45) is 3.84. The van der Waals surface area contributed by atoms with Crippen LogP contribution in [0.3, 0.4) is 0 Å². The fourth-order valence-corrected chi connectivity index (χ4v) is 2.41. The van der Waals surface area contributed by atoms with Crippen LogP contribution in [0.1, 0.15) is 18.4 Å². The van der Waals surface area contributed by atoms with Gasteiger partial charge in [0.05, 0.1) is 13.0 Å². The van der Waals surface area contributed by atoms with Crippen molar-refractivity contribution in [1.29, 1.82) is 0 Å². The average Bonchev–Trinajstić information content (AvgIpc) is 2.52. The number of carboxylic acid groups (broad SMARTS) is 1. The number of benzene rings is 1. The van der Waals surface area contributed by atoms with Crippen LogP contribution in [0, 0.1) is 11.7 Å². The van der Waals surface area contributed by atoms with Gasteiger partial charge in [-0.3, -0.25) is 9.59 Å². The van der Waals surface area contributed by atoms with Crippen molar-refractivity contribution in [3.63, 3.8) is 0 Å². The van der Waals surface area contributed by atoms with E-state index in [0.717, 1.165) is 0 Å². The van der Waals surface area contributed by atoms with Crippen LogP contribution in [-0.4, -0.2) is 42.1 Å². The largest absolute Gasteiger partial charge is 0.494 e. The molecule has 1 N–H and O–H groups in total. The number of likely N-dealkylation sites (tertiary alicyclic amines) is 1. The molecule has 0 saturated carbocycles. The maximum atomic E-state index is 13.5. The SMILES string of the molecule is COc1ccc(C=CC(=O)N2CCC(C(=O)O)CC2)cc1F. The Morgan fingerprint density at radius 1 is 1.36 bits per heavy atom. The zero-order chi connectivity index (χ0) is 16.1. The maximum Gasteiger partial charge on any atom is 0.306 e. The first-order chi connectivity index (χ1) is 10.5. The van der Waals surface area contributed by atoms with Crippen molar-refractivity contribution in [2.24, 2.45) is 5.92 Å². The summed E-state index contributed by atoms with van der Waals surface area (Å²) in [4.78, 5) is 24.5. The molecule has 0 atom stereocenters. The van der Waals surface area contributed by atoms with Crippen molar-refractivity contribution in [1.82, 2.24) is 4.90 Å². The monoisotopic (exact) mass is 307 g/mol. The second kappa shape index (κ2) is 7.06. The lowest BCUT2D eigenvalue weighted by molar-refractivity contribution is -0.144. The Hall–Kier alpha value is -2.37. The van der Waals surface area contributed by atoms with Crippen LogP contribution in [0.5, 0.6) is 5.75 Å². The number of aliphatic carboxylic acids is 1. The zero-order valence-electron chi connectivity index (χ0n) is 12.3. The Labute approximate surface area is 128 Å². The van der Waals surface area contributed by atoms with Gasteiger partial charge in [-0.2, -0.15) is 0 Å². The highest BCUT2D eigenvalue weighted by molar-refractivity contribution is 5.92. The van der Waals surface area contributed by atoms with Gasteiger partial charge in [-0.1, -0.05) is 6.07 Å². The summed E-state index contributed by atoms with van der Waals surface area (Å²) in [5, 5.41) is 8.92. The van der Waals surface area contributed by atoms with Gasteiger partial charge in [0, 0.05) is 19.2 Å². The molecule has 6 heteroatoms. The molecule has 1 saturated heterocycles. The van der Waals surface area contributed by atoms with Gasteiger partial charge in [0.2, 0.25) is 5.91 Å². The first-order valence-electron chi connectivity index (χ1n) is 7.04.